The first-order valence-corrected chi connectivity index (χ1v) is 7.61. The van der Waals surface area contributed by atoms with E-state index in [9.17, 15) is 4.79 Å². The van der Waals surface area contributed by atoms with E-state index >= 15 is 0 Å². The van der Waals surface area contributed by atoms with E-state index in [4.69, 9.17) is 4.74 Å². The number of nitrogens with zero attached hydrogens (tertiary/aromatic N) is 3. The van der Waals surface area contributed by atoms with Crippen LogP contribution < -0.4 is 5.32 Å². The molecule has 1 aromatic rings. The van der Waals surface area contributed by atoms with Crippen LogP contribution in [0, 0.1) is 0 Å². The van der Waals surface area contributed by atoms with Crippen molar-refractivity contribution < 1.29 is 9.53 Å². The minimum atomic E-state index is 0.00172. The second-order valence-electron chi connectivity index (χ2n) is 4.85. The molecule has 1 amide bonds. The van der Waals surface area contributed by atoms with E-state index in [1.807, 2.05) is 11.8 Å². The number of hydrogen-bond acceptors (Lipinski definition) is 6. The molecular weight excluding hydrogens is 264 g/mol. The van der Waals surface area contributed by atoms with Crippen LogP contribution in [0.25, 0.3) is 0 Å². The van der Waals surface area contributed by atoms with Crippen LogP contribution in [0.1, 0.15) is 36.0 Å². The lowest BCUT2D eigenvalue weighted by Gasteiger charge is -2.37. The summed E-state index contributed by atoms with van der Waals surface area (Å²) < 4.78 is 5.72. The number of hydrogen-bond donors (Lipinski definition) is 1. The molecule has 0 bridgehead atoms. The number of rotatable bonds is 3. The molecule has 2 heterocycles. The summed E-state index contributed by atoms with van der Waals surface area (Å²) in [7, 11) is 0. The molecule has 7 heteroatoms. The summed E-state index contributed by atoms with van der Waals surface area (Å²) in [6, 6.07) is 0.229. The van der Waals surface area contributed by atoms with Gasteiger partial charge in [0.1, 0.15) is 0 Å². The lowest BCUT2D eigenvalue weighted by atomic mass is 10.1. The van der Waals surface area contributed by atoms with Gasteiger partial charge in [-0.3, -0.25) is 4.79 Å². The maximum absolute atomic E-state index is 12.5. The molecule has 0 spiro atoms. The summed E-state index contributed by atoms with van der Waals surface area (Å²) in [6.07, 6.45) is 3.46. The standard InChI is InChI=1S/C12H18N4O2S/c1-2-13-12-15-14-10(19-12)11(17)16-6-7-18-9-5-3-4-8(9)16/h8-9H,2-7H2,1H3,(H,13,15). The fraction of sp³-hybridized carbons (Fsp3) is 0.750. The quantitative estimate of drug-likeness (QED) is 0.906. The van der Waals surface area contributed by atoms with Gasteiger partial charge in [-0.15, -0.1) is 10.2 Å². The molecule has 1 aliphatic carbocycles. The van der Waals surface area contributed by atoms with Gasteiger partial charge < -0.3 is 15.0 Å². The molecule has 1 aliphatic heterocycles. The molecule has 2 atom stereocenters. The van der Waals surface area contributed by atoms with Gasteiger partial charge >= 0.3 is 0 Å². The van der Waals surface area contributed by atoms with E-state index in [0.29, 0.717) is 23.3 Å². The summed E-state index contributed by atoms with van der Waals surface area (Å²) >= 11 is 1.33. The molecule has 2 unspecified atom stereocenters. The van der Waals surface area contributed by atoms with E-state index in [1.165, 1.54) is 11.3 Å². The third-order valence-corrected chi connectivity index (χ3v) is 4.55. The van der Waals surface area contributed by atoms with Gasteiger partial charge in [0.25, 0.3) is 5.91 Å². The van der Waals surface area contributed by atoms with Crippen molar-refractivity contribution in [3.8, 4) is 0 Å². The molecule has 1 saturated heterocycles. The van der Waals surface area contributed by atoms with Gasteiger partial charge in [-0.1, -0.05) is 11.3 Å². The highest BCUT2D eigenvalue weighted by Gasteiger charge is 2.39. The maximum atomic E-state index is 12.5. The third-order valence-electron chi connectivity index (χ3n) is 3.68. The van der Waals surface area contributed by atoms with Crippen LogP contribution in [0.15, 0.2) is 0 Å². The molecule has 6 nitrogen and oxygen atoms in total. The summed E-state index contributed by atoms with van der Waals surface area (Å²) in [5.74, 6) is 0.00172. The van der Waals surface area contributed by atoms with Crippen LogP contribution in [0.2, 0.25) is 0 Å². The predicted molar refractivity (Wildman–Crippen MR) is 72.5 cm³/mol. The van der Waals surface area contributed by atoms with Crippen LogP contribution >= 0.6 is 11.3 Å². The number of anilines is 1. The number of carbonyl (C=O) groups excluding carboxylic acids is 1. The average Bonchev–Trinajstić information content (AvgIpc) is 3.06. The van der Waals surface area contributed by atoms with Gasteiger partial charge in [0.2, 0.25) is 10.1 Å². The lowest BCUT2D eigenvalue weighted by Crippen LogP contribution is -2.51. The van der Waals surface area contributed by atoms with Crippen LogP contribution in [0.4, 0.5) is 5.13 Å². The van der Waals surface area contributed by atoms with Gasteiger partial charge in [0, 0.05) is 13.1 Å². The molecule has 2 fully saturated rings. The third kappa shape index (κ3) is 2.44. The number of aromatic nitrogens is 2. The largest absolute Gasteiger partial charge is 0.374 e. The monoisotopic (exact) mass is 282 g/mol. The number of amides is 1. The van der Waals surface area contributed by atoms with Crippen molar-refractivity contribution in [3.63, 3.8) is 0 Å². The first kappa shape index (κ1) is 12.8. The summed E-state index contributed by atoms with van der Waals surface area (Å²) in [5, 5.41) is 12.3. The van der Waals surface area contributed by atoms with E-state index in [2.05, 4.69) is 15.5 Å². The van der Waals surface area contributed by atoms with Crippen molar-refractivity contribution in [3.05, 3.63) is 5.01 Å². The number of carbonyl (C=O) groups is 1. The Morgan fingerprint density at radius 2 is 2.42 bits per heavy atom. The number of fused-ring (bicyclic) bond motifs is 1. The zero-order chi connectivity index (χ0) is 13.2. The van der Waals surface area contributed by atoms with E-state index < -0.39 is 0 Å². The molecular formula is C12H18N4O2S. The Morgan fingerprint density at radius 3 is 3.26 bits per heavy atom. The SMILES string of the molecule is CCNc1nnc(C(=O)N2CCOC3CCCC32)s1. The highest BCUT2D eigenvalue weighted by molar-refractivity contribution is 7.17. The van der Waals surface area contributed by atoms with Gasteiger partial charge in [0.15, 0.2) is 0 Å². The van der Waals surface area contributed by atoms with Crippen LogP contribution in [-0.2, 0) is 4.74 Å². The second kappa shape index (κ2) is 5.42. The molecule has 1 N–H and O–H groups in total. The Morgan fingerprint density at radius 1 is 1.53 bits per heavy atom. The van der Waals surface area contributed by atoms with Gasteiger partial charge in [-0.25, -0.2) is 0 Å². The van der Waals surface area contributed by atoms with Crippen LogP contribution in [0.5, 0.6) is 0 Å². The summed E-state index contributed by atoms with van der Waals surface area (Å²) in [4.78, 5) is 14.4. The molecule has 0 radical (unpaired) electrons. The van der Waals surface area contributed by atoms with E-state index in [-0.39, 0.29) is 18.1 Å². The minimum Gasteiger partial charge on any atom is -0.374 e. The highest BCUT2D eigenvalue weighted by Crippen LogP contribution is 2.31. The van der Waals surface area contributed by atoms with Gasteiger partial charge in [-0.2, -0.15) is 0 Å². The Balaban J connectivity index is 1.74. The molecule has 19 heavy (non-hydrogen) atoms. The second-order valence-corrected chi connectivity index (χ2v) is 5.83. The lowest BCUT2D eigenvalue weighted by molar-refractivity contribution is -0.0445. The molecule has 3 rings (SSSR count). The Labute approximate surface area is 116 Å². The van der Waals surface area contributed by atoms with E-state index in [1.54, 1.807) is 0 Å². The zero-order valence-electron chi connectivity index (χ0n) is 11.0. The maximum Gasteiger partial charge on any atom is 0.285 e. The topological polar surface area (TPSA) is 67.4 Å². The Kier molecular flexibility index (Phi) is 3.65. The normalized spacial score (nSPS) is 26.3. The molecule has 2 aliphatic rings. The van der Waals surface area contributed by atoms with Crippen molar-refractivity contribution >= 4 is 22.4 Å². The summed E-state index contributed by atoms with van der Waals surface area (Å²) in [6.45, 7) is 4.07. The Bertz CT molecular complexity index is 464. The highest BCUT2D eigenvalue weighted by atomic mass is 32.1. The first-order valence-electron chi connectivity index (χ1n) is 6.79. The van der Waals surface area contributed by atoms with Crippen molar-refractivity contribution in [1.29, 1.82) is 0 Å². The first-order chi connectivity index (χ1) is 9.29. The minimum absolute atomic E-state index is 0.00172. The molecule has 104 valence electrons. The fourth-order valence-electron chi connectivity index (χ4n) is 2.83. The van der Waals surface area contributed by atoms with Gasteiger partial charge in [-0.05, 0) is 26.2 Å². The Hall–Kier alpha value is -1.21. The number of ether oxygens (including phenoxy) is 1. The average molecular weight is 282 g/mol. The van der Waals surface area contributed by atoms with Crippen LogP contribution in [-0.4, -0.2) is 52.8 Å². The van der Waals surface area contributed by atoms with Crippen molar-refractivity contribution in [2.24, 2.45) is 0 Å². The van der Waals surface area contributed by atoms with Crippen LogP contribution in [0.3, 0.4) is 0 Å². The number of morpholine rings is 1. The predicted octanol–water partition coefficient (Wildman–Crippen LogP) is 1.36. The smallest absolute Gasteiger partial charge is 0.285 e. The van der Waals surface area contributed by atoms with Gasteiger partial charge in [0.05, 0.1) is 18.8 Å². The molecule has 1 saturated carbocycles. The van der Waals surface area contributed by atoms with Crippen molar-refractivity contribution in [1.82, 2.24) is 15.1 Å². The molecule has 1 aromatic heterocycles. The van der Waals surface area contributed by atoms with E-state index in [0.717, 1.165) is 25.8 Å². The van der Waals surface area contributed by atoms with Crippen molar-refractivity contribution in [2.75, 3.05) is 25.0 Å². The number of nitrogens with one attached hydrogen (secondary N) is 1. The fourth-order valence-corrected chi connectivity index (χ4v) is 3.60. The molecule has 0 aromatic carbocycles. The van der Waals surface area contributed by atoms with Crippen molar-refractivity contribution in [2.45, 2.75) is 38.3 Å². The summed E-state index contributed by atoms with van der Waals surface area (Å²) in [5.41, 5.74) is 0. The zero-order valence-corrected chi connectivity index (χ0v) is 11.8.